The Morgan fingerprint density at radius 3 is 2.86 bits per heavy atom. The third kappa shape index (κ3) is 2.34. The zero-order valence-corrected chi connectivity index (χ0v) is 11.6. The Bertz CT molecular complexity index is 683. The molecule has 2 bridgehead atoms. The first-order valence-electron chi connectivity index (χ1n) is 7.27. The first-order valence-corrected chi connectivity index (χ1v) is 7.27. The molecule has 2 heterocycles. The molecule has 21 heavy (non-hydrogen) atoms. The van der Waals surface area contributed by atoms with Gasteiger partial charge in [-0.3, -0.25) is 4.84 Å². The molecule has 1 fully saturated rings. The SMILES string of the molecule is Fc1ccc2c(c1)C[C@H]1C[C@@H](C=Cc3ccccc3)N2O1. The van der Waals surface area contributed by atoms with Crippen LogP contribution in [0.4, 0.5) is 10.1 Å². The first kappa shape index (κ1) is 12.6. The first-order chi connectivity index (χ1) is 10.3. The van der Waals surface area contributed by atoms with E-state index in [0.717, 1.165) is 24.1 Å². The van der Waals surface area contributed by atoms with Gasteiger partial charge in [0.1, 0.15) is 5.82 Å². The van der Waals surface area contributed by atoms with Crippen LogP contribution in [0.2, 0.25) is 0 Å². The minimum absolute atomic E-state index is 0.157. The van der Waals surface area contributed by atoms with Gasteiger partial charge in [-0.25, -0.2) is 9.45 Å². The number of hydroxylamine groups is 1. The van der Waals surface area contributed by atoms with Gasteiger partial charge in [0, 0.05) is 12.8 Å². The molecule has 3 heteroatoms. The highest BCUT2D eigenvalue weighted by molar-refractivity contribution is 5.58. The molecule has 0 aliphatic carbocycles. The number of anilines is 1. The van der Waals surface area contributed by atoms with Crippen LogP contribution in [0.25, 0.3) is 6.08 Å². The molecule has 0 N–H and O–H groups in total. The van der Waals surface area contributed by atoms with Crippen LogP contribution in [-0.4, -0.2) is 12.1 Å². The summed E-state index contributed by atoms with van der Waals surface area (Å²) < 4.78 is 13.4. The van der Waals surface area contributed by atoms with Crippen molar-refractivity contribution in [3.63, 3.8) is 0 Å². The van der Waals surface area contributed by atoms with Gasteiger partial charge in [-0.2, -0.15) is 0 Å². The number of hydrogen-bond donors (Lipinski definition) is 0. The summed E-state index contributed by atoms with van der Waals surface area (Å²) >= 11 is 0. The lowest BCUT2D eigenvalue weighted by Gasteiger charge is -2.29. The lowest BCUT2D eigenvalue weighted by atomic mass is 10.0. The molecule has 2 aromatic rings. The van der Waals surface area contributed by atoms with Gasteiger partial charge < -0.3 is 0 Å². The summed E-state index contributed by atoms with van der Waals surface area (Å²) in [4.78, 5) is 5.92. The smallest absolute Gasteiger partial charge is 0.123 e. The van der Waals surface area contributed by atoms with Crippen molar-refractivity contribution < 1.29 is 9.23 Å². The lowest BCUT2D eigenvalue weighted by Crippen LogP contribution is -2.30. The topological polar surface area (TPSA) is 12.5 Å². The van der Waals surface area contributed by atoms with Gasteiger partial charge in [0.2, 0.25) is 0 Å². The van der Waals surface area contributed by atoms with E-state index in [4.69, 9.17) is 4.84 Å². The molecule has 2 nitrogen and oxygen atoms in total. The maximum atomic E-state index is 13.4. The Kier molecular flexibility index (Phi) is 3.00. The third-order valence-corrected chi connectivity index (χ3v) is 4.11. The molecular weight excluding hydrogens is 265 g/mol. The van der Waals surface area contributed by atoms with E-state index < -0.39 is 0 Å². The molecule has 0 spiro atoms. The fourth-order valence-corrected chi connectivity index (χ4v) is 3.12. The van der Waals surface area contributed by atoms with Gasteiger partial charge >= 0.3 is 0 Å². The number of halogens is 1. The molecule has 0 radical (unpaired) electrons. The Labute approximate surface area is 123 Å². The summed E-state index contributed by atoms with van der Waals surface area (Å²) in [6.07, 6.45) is 6.19. The molecule has 0 aromatic heterocycles. The molecule has 0 unspecified atom stereocenters. The van der Waals surface area contributed by atoms with Crippen molar-refractivity contribution in [2.45, 2.75) is 25.0 Å². The predicted molar refractivity (Wildman–Crippen MR) is 81.3 cm³/mol. The summed E-state index contributed by atoms with van der Waals surface area (Å²) in [7, 11) is 0. The van der Waals surface area contributed by atoms with E-state index in [2.05, 4.69) is 24.3 Å². The molecule has 2 aliphatic rings. The maximum absolute atomic E-state index is 13.4. The van der Waals surface area contributed by atoms with Crippen LogP contribution in [-0.2, 0) is 11.3 Å². The van der Waals surface area contributed by atoms with Crippen LogP contribution in [0.5, 0.6) is 0 Å². The second-order valence-corrected chi connectivity index (χ2v) is 5.60. The molecule has 4 rings (SSSR count). The van der Waals surface area contributed by atoms with Crippen LogP contribution in [0.3, 0.4) is 0 Å². The summed E-state index contributed by atoms with van der Waals surface area (Å²) in [6.45, 7) is 0. The van der Waals surface area contributed by atoms with E-state index in [1.807, 2.05) is 29.3 Å². The minimum atomic E-state index is -0.173. The van der Waals surface area contributed by atoms with Crippen molar-refractivity contribution in [2.24, 2.45) is 0 Å². The van der Waals surface area contributed by atoms with Gasteiger partial charge in [-0.05, 0) is 29.3 Å². The van der Waals surface area contributed by atoms with Gasteiger partial charge in [0.25, 0.3) is 0 Å². The van der Waals surface area contributed by atoms with E-state index in [-0.39, 0.29) is 18.0 Å². The number of fused-ring (bicyclic) bond motifs is 4. The van der Waals surface area contributed by atoms with Gasteiger partial charge in [0.15, 0.2) is 0 Å². The van der Waals surface area contributed by atoms with Crippen LogP contribution in [0.1, 0.15) is 17.5 Å². The normalized spacial score (nSPS) is 23.6. The number of nitrogens with zero attached hydrogens (tertiary/aromatic N) is 1. The van der Waals surface area contributed by atoms with Crippen molar-refractivity contribution in [3.8, 4) is 0 Å². The molecule has 2 aromatic carbocycles. The summed E-state index contributed by atoms with van der Waals surface area (Å²) in [5.41, 5.74) is 3.22. The van der Waals surface area contributed by atoms with Crippen molar-refractivity contribution in [3.05, 3.63) is 71.6 Å². The standard InChI is InChI=1S/C18H16FNO/c19-15-7-9-18-14(10-15)11-17-12-16(20(18)21-17)8-6-13-4-2-1-3-5-13/h1-10,16-17H,11-12H2/t16-,17+/m1/s1. The zero-order chi connectivity index (χ0) is 14.2. The average Bonchev–Trinajstić information content (AvgIpc) is 2.83. The fraction of sp³-hybridized carbons (Fsp3) is 0.222. The zero-order valence-electron chi connectivity index (χ0n) is 11.6. The highest BCUT2D eigenvalue weighted by atomic mass is 19.1. The van der Waals surface area contributed by atoms with Crippen LogP contribution >= 0.6 is 0 Å². The second kappa shape index (κ2) is 5.01. The molecule has 0 saturated carbocycles. The molecule has 2 atom stereocenters. The monoisotopic (exact) mass is 281 g/mol. The molecule has 106 valence electrons. The van der Waals surface area contributed by atoms with Crippen LogP contribution in [0.15, 0.2) is 54.6 Å². The Morgan fingerprint density at radius 1 is 1.14 bits per heavy atom. The number of hydrogen-bond acceptors (Lipinski definition) is 2. The molecule has 0 amide bonds. The minimum Gasteiger partial charge on any atom is -0.269 e. The van der Waals surface area contributed by atoms with Gasteiger partial charge in [-0.15, -0.1) is 0 Å². The van der Waals surface area contributed by atoms with Crippen molar-refractivity contribution in [1.29, 1.82) is 0 Å². The van der Waals surface area contributed by atoms with E-state index >= 15 is 0 Å². The Morgan fingerprint density at radius 2 is 2.00 bits per heavy atom. The highest BCUT2D eigenvalue weighted by Gasteiger charge is 2.38. The van der Waals surface area contributed by atoms with Crippen molar-refractivity contribution >= 4 is 11.8 Å². The molecule has 2 aliphatic heterocycles. The van der Waals surface area contributed by atoms with E-state index in [9.17, 15) is 4.39 Å². The quantitative estimate of drug-likeness (QED) is 0.825. The van der Waals surface area contributed by atoms with E-state index in [0.29, 0.717) is 0 Å². The molecule has 1 saturated heterocycles. The third-order valence-electron chi connectivity index (χ3n) is 4.11. The molecular formula is C18H16FNO. The van der Waals surface area contributed by atoms with E-state index in [1.54, 1.807) is 6.07 Å². The summed E-state index contributed by atoms with van der Waals surface area (Å²) in [6, 6.07) is 15.4. The number of benzene rings is 2. The lowest BCUT2D eigenvalue weighted by molar-refractivity contribution is 0.0751. The average molecular weight is 281 g/mol. The van der Waals surface area contributed by atoms with E-state index in [1.165, 1.54) is 11.6 Å². The van der Waals surface area contributed by atoms with Gasteiger partial charge in [-0.1, -0.05) is 42.5 Å². The number of rotatable bonds is 2. The Balaban J connectivity index is 1.61. The summed E-state index contributed by atoms with van der Waals surface area (Å²) in [5, 5.41) is 1.93. The Hall–Kier alpha value is -2.13. The largest absolute Gasteiger partial charge is 0.269 e. The van der Waals surface area contributed by atoms with Crippen LogP contribution < -0.4 is 5.06 Å². The highest BCUT2D eigenvalue weighted by Crippen LogP contribution is 2.38. The second-order valence-electron chi connectivity index (χ2n) is 5.60. The summed E-state index contributed by atoms with van der Waals surface area (Å²) in [5.74, 6) is -0.173. The van der Waals surface area contributed by atoms with Crippen molar-refractivity contribution in [1.82, 2.24) is 0 Å². The fourth-order valence-electron chi connectivity index (χ4n) is 3.12. The van der Waals surface area contributed by atoms with Gasteiger partial charge in [0.05, 0.1) is 17.8 Å². The van der Waals surface area contributed by atoms with Crippen molar-refractivity contribution in [2.75, 3.05) is 5.06 Å². The predicted octanol–water partition coefficient (Wildman–Crippen LogP) is 3.97. The van der Waals surface area contributed by atoms with Crippen LogP contribution in [0, 0.1) is 5.82 Å². The maximum Gasteiger partial charge on any atom is 0.123 e.